The van der Waals surface area contributed by atoms with Gasteiger partial charge in [-0.3, -0.25) is 19.3 Å². The fourth-order valence-electron chi connectivity index (χ4n) is 1.99. The summed E-state index contributed by atoms with van der Waals surface area (Å²) in [6.45, 7) is 1.31. The van der Waals surface area contributed by atoms with Crippen molar-refractivity contribution in [1.29, 1.82) is 0 Å². The molecule has 1 aliphatic heterocycles. The summed E-state index contributed by atoms with van der Waals surface area (Å²) >= 11 is 0. The largest absolute Gasteiger partial charge is 0.496 e. The number of Topliss-reactive ketones (excluding diaryl/α,β-unsaturated/α-hetero) is 1. The summed E-state index contributed by atoms with van der Waals surface area (Å²) < 4.78 is 10.1. The molecule has 1 fully saturated rings. The highest BCUT2D eigenvalue weighted by Crippen LogP contribution is 2.22. The molecule has 0 saturated carbocycles. The Hall–Kier alpha value is -2.21. The number of imide groups is 1. The minimum Gasteiger partial charge on any atom is -0.496 e. The minimum atomic E-state index is -0.392. The first-order valence-electron chi connectivity index (χ1n) is 6.11. The molecule has 1 aromatic rings. The van der Waals surface area contributed by atoms with E-state index in [2.05, 4.69) is 0 Å². The second-order valence-electron chi connectivity index (χ2n) is 4.45. The number of ketones is 1. The van der Waals surface area contributed by atoms with Crippen molar-refractivity contribution in [2.75, 3.05) is 20.3 Å². The first kappa shape index (κ1) is 14.2. The number of carbonyl (C=O) groups is 3. The number of morpholine rings is 1. The summed E-state index contributed by atoms with van der Waals surface area (Å²) in [5.74, 6) is -0.344. The molecule has 0 radical (unpaired) electrons. The van der Waals surface area contributed by atoms with E-state index in [4.69, 9.17) is 9.47 Å². The number of rotatable bonds is 4. The normalized spacial score (nSPS) is 15.4. The average molecular weight is 277 g/mol. The van der Waals surface area contributed by atoms with Crippen LogP contribution in [0.2, 0.25) is 0 Å². The third kappa shape index (κ3) is 2.85. The topological polar surface area (TPSA) is 72.9 Å². The van der Waals surface area contributed by atoms with Crippen LogP contribution >= 0.6 is 0 Å². The van der Waals surface area contributed by atoms with Gasteiger partial charge in [0.2, 0.25) is 0 Å². The molecule has 6 nitrogen and oxygen atoms in total. The van der Waals surface area contributed by atoms with E-state index >= 15 is 0 Å². The molecule has 20 heavy (non-hydrogen) atoms. The third-order valence-electron chi connectivity index (χ3n) is 3.07. The monoisotopic (exact) mass is 277 g/mol. The lowest BCUT2D eigenvalue weighted by Crippen LogP contribution is -2.45. The Bertz CT molecular complexity index is 551. The molecule has 1 heterocycles. The van der Waals surface area contributed by atoms with Gasteiger partial charge in [0.05, 0.1) is 13.7 Å². The molecule has 0 bridgehead atoms. The Morgan fingerprint density at radius 1 is 1.30 bits per heavy atom. The molecule has 2 amide bonds. The van der Waals surface area contributed by atoms with Crippen molar-refractivity contribution in [3.05, 3.63) is 29.3 Å². The highest BCUT2D eigenvalue weighted by atomic mass is 16.5. The second kappa shape index (κ2) is 5.83. The summed E-state index contributed by atoms with van der Waals surface area (Å²) in [4.78, 5) is 35.9. The third-order valence-corrected chi connectivity index (χ3v) is 3.07. The van der Waals surface area contributed by atoms with Gasteiger partial charge >= 0.3 is 0 Å². The predicted molar refractivity (Wildman–Crippen MR) is 69.4 cm³/mol. The van der Waals surface area contributed by atoms with Gasteiger partial charge in [0.15, 0.2) is 5.78 Å². The number of carbonyl (C=O) groups excluding carboxylic acids is 3. The van der Waals surface area contributed by atoms with Crippen LogP contribution < -0.4 is 4.74 Å². The van der Waals surface area contributed by atoms with Crippen LogP contribution in [0.15, 0.2) is 18.2 Å². The summed E-state index contributed by atoms with van der Waals surface area (Å²) in [5.41, 5.74) is 1.12. The number of hydrogen-bond acceptors (Lipinski definition) is 5. The van der Waals surface area contributed by atoms with Crippen LogP contribution in [0.3, 0.4) is 0 Å². The lowest BCUT2D eigenvalue weighted by molar-refractivity contribution is -0.159. The molecule has 1 aliphatic rings. The van der Waals surface area contributed by atoms with Crippen molar-refractivity contribution in [1.82, 2.24) is 4.90 Å². The van der Waals surface area contributed by atoms with Crippen molar-refractivity contribution in [2.45, 2.75) is 13.5 Å². The Kier molecular flexibility index (Phi) is 4.14. The molecule has 0 N–H and O–H groups in total. The summed E-state index contributed by atoms with van der Waals surface area (Å²) in [5, 5.41) is 0. The first-order chi connectivity index (χ1) is 9.52. The van der Waals surface area contributed by atoms with Gasteiger partial charge in [0.25, 0.3) is 11.8 Å². The van der Waals surface area contributed by atoms with E-state index in [1.807, 2.05) is 0 Å². The van der Waals surface area contributed by atoms with E-state index in [9.17, 15) is 14.4 Å². The lowest BCUT2D eigenvalue weighted by Gasteiger charge is -2.25. The molecule has 106 valence electrons. The van der Waals surface area contributed by atoms with Gasteiger partial charge in [-0.25, -0.2) is 0 Å². The zero-order valence-electron chi connectivity index (χ0n) is 11.3. The molecule has 0 spiro atoms. The maximum absolute atomic E-state index is 11.7. The average Bonchev–Trinajstić information content (AvgIpc) is 2.42. The van der Waals surface area contributed by atoms with E-state index in [1.54, 1.807) is 18.2 Å². The number of methoxy groups -OCH3 is 1. The van der Waals surface area contributed by atoms with Gasteiger partial charge < -0.3 is 9.47 Å². The zero-order chi connectivity index (χ0) is 14.7. The van der Waals surface area contributed by atoms with E-state index in [-0.39, 0.29) is 25.5 Å². The van der Waals surface area contributed by atoms with Gasteiger partial charge in [-0.05, 0) is 25.1 Å². The van der Waals surface area contributed by atoms with Crippen LogP contribution in [-0.2, 0) is 20.9 Å². The highest BCUT2D eigenvalue weighted by Gasteiger charge is 2.27. The van der Waals surface area contributed by atoms with E-state index in [1.165, 1.54) is 14.0 Å². The lowest BCUT2D eigenvalue weighted by atomic mass is 10.1. The van der Waals surface area contributed by atoms with Gasteiger partial charge in [-0.15, -0.1) is 0 Å². The molecule has 6 heteroatoms. The molecular weight excluding hydrogens is 262 g/mol. The van der Waals surface area contributed by atoms with Crippen molar-refractivity contribution in [2.24, 2.45) is 0 Å². The number of benzene rings is 1. The van der Waals surface area contributed by atoms with Gasteiger partial charge in [-0.1, -0.05) is 0 Å². The number of hydrogen-bond donors (Lipinski definition) is 0. The summed E-state index contributed by atoms with van der Waals surface area (Å²) in [6.07, 6.45) is 0. The van der Waals surface area contributed by atoms with Crippen LogP contribution in [0.25, 0.3) is 0 Å². The Labute approximate surface area is 116 Å². The van der Waals surface area contributed by atoms with Crippen molar-refractivity contribution >= 4 is 17.6 Å². The number of ether oxygens (including phenoxy) is 2. The van der Waals surface area contributed by atoms with Crippen molar-refractivity contribution in [3.8, 4) is 5.75 Å². The smallest absolute Gasteiger partial charge is 0.255 e. The maximum Gasteiger partial charge on any atom is 0.255 e. The van der Waals surface area contributed by atoms with Gasteiger partial charge in [0.1, 0.15) is 19.0 Å². The Morgan fingerprint density at radius 3 is 2.50 bits per heavy atom. The molecule has 0 aliphatic carbocycles. The fraction of sp³-hybridized carbons (Fsp3) is 0.357. The zero-order valence-corrected chi connectivity index (χ0v) is 11.3. The Morgan fingerprint density at radius 2 is 1.95 bits per heavy atom. The van der Waals surface area contributed by atoms with Crippen LogP contribution in [0, 0.1) is 0 Å². The molecule has 2 rings (SSSR count). The molecule has 1 saturated heterocycles. The van der Waals surface area contributed by atoms with Crippen molar-refractivity contribution in [3.63, 3.8) is 0 Å². The van der Waals surface area contributed by atoms with E-state index in [0.29, 0.717) is 16.9 Å². The highest BCUT2D eigenvalue weighted by molar-refractivity contribution is 5.98. The van der Waals surface area contributed by atoms with E-state index in [0.717, 1.165) is 4.90 Å². The molecule has 0 atom stereocenters. The number of amides is 2. The van der Waals surface area contributed by atoms with Gasteiger partial charge in [0, 0.05) is 11.1 Å². The second-order valence-corrected chi connectivity index (χ2v) is 4.45. The minimum absolute atomic E-state index is 0.0747. The standard InChI is InChI=1S/C14H15NO5/c1-9(16)10-3-4-12(19-2)11(5-10)6-15-13(17)7-20-8-14(15)18/h3-5H,6-8H2,1-2H3. The molecule has 0 unspecified atom stereocenters. The summed E-state index contributed by atoms with van der Waals surface area (Å²) in [6, 6.07) is 4.94. The van der Waals surface area contributed by atoms with E-state index < -0.39 is 11.8 Å². The van der Waals surface area contributed by atoms with Crippen LogP contribution in [0.1, 0.15) is 22.8 Å². The first-order valence-corrected chi connectivity index (χ1v) is 6.11. The SMILES string of the molecule is COc1ccc(C(C)=O)cc1CN1C(=O)COCC1=O. The van der Waals surface area contributed by atoms with Crippen LogP contribution in [-0.4, -0.2) is 42.8 Å². The maximum atomic E-state index is 11.7. The Balaban J connectivity index is 2.31. The quantitative estimate of drug-likeness (QED) is 0.601. The van der Waals surface area contributed by atoms with Gasteiger partial charge in [-0.2, -0.15) is 0 Å². The predicted octanol–water partition coefficient (Wildman–Crippen LogP) is 0.783. The number of nitrogens with zero attached hydrogens (tertiary/aromatic N) is 1. The van der Waals surface area contributed by atoms with Crippen LogP contribution in [0.5, 0.6) is 5.75 Å². The molecule has 0 aromatic heterocycles. The molecule has 1 aromatic carbocycles. The summed E-state index contributed by atoms with van der Waals surface area (Å²) in [7, 11) is 1.50. The fourth-order valence-corrected chi connectivity index (χ4v) is 1.99. The molecular formula is C14H15NO5. The van der Waals surface area contributed by atoms with Crippen molar-refractivity contribution < 1.29 is 23.9 Å². The van der Waals surface area contributed by atoms with Crippen LogP contribution in [0.4, 0.5) is 0 Å².